The molecule has 0 bridgehead atoms. The predicted octanol–water partition coefficient (Wildman–Crippen LogP) is 3.88. The lowest BCUT2D eigenvalue weighted by atomic mass is 10.1. The van der Waals surface area contributed by atoms with E-state index in [1.165, 1.54) is 0 Å². The maximum Gasteiger partial charge on any atom is 0.389 e. The zero-order valence-electron chi connectivity index (χ0n) is 9.85. The molecule has 0 aliphatic carbocycles. The van der Waals surface area contributed by atoms with E-state index in [1.54, 1.807) is 0 Å². The third-order valence-corrected chi connectivity index (χ3v) is 3.23. The number of halogens is 6. The molecule has 0 fully saturated rings. The van der Waals surface area contributed by atoms with Gasteiger partial charge in [0.15, 0.2) is 0 Å². The van der Waals surface area contributed by atoms with E-state index in [1.807, 2.05) is 0 Å². The van der Waals surface area contributed by atoms with E-state index in [0.29, 0.717) is 0 Å². The van der Waals surface area contributed by atoms with E-state index in [4.69, 9.17) is 0 Å². The molecule has 19 heavy (non-hydrogen) atoms. The summed E-state index contributed by atoms with van der Waals surface area (Å²) >= 11 is 0. The van der Waals surface area contributed by atoms with E-state index < -0.39 is 34.4 Å². The molecule has 0 amide bonds. The summed E-state index contributed by atoms with van der Waals surface area (Å²) in [5.74, 6) is 0. The topological polar surface area (TPSA) is 78.4 Å². The molecule has 0 atom stereocenters. The van der Waals surface area contributed by atoms with Crippen LogP contribution in [0.3, 0.4) is 0 Å². The Kier molecular flexibility index (Phi) is 8.63. The van der Waals surface area contributed by atoms with Crippen molar-refractivity contribution in [3.05, 3.63) is 0 Å². The van der Waals surface area contributed by atoms with Crippen LogP contribution in [0.2, 0.25) is 0 Å². The average Bonchev–Trinajstić information content (AvgIpc) is 2.21. The van der Waals surface area contributed by atoms with Crippen LogP contribution in [-0.2, 0) is 14.5 Å². The average molecular weight is 319 g/mol. The lowest BCUT2D eigenvalue weighted by Crippen LogP contribution is -2.28. The molecule has 0 aliphatic rings. The second kappa shape index (κ2) is 7.90. The predicted molar refractivity (Wildman–Crippen MR) is 54.8 cm³/mol. The normalized spacial score (nSPS) is 13.2. The van der Waals surface area contributed by atoms with Gasteiger partial charge in [-0.05, 0) is 17.4 Å². The van der Waals surface area contributed by atoms with Crippen LogP contribution in [0.15, 0.2) is 0 Å². The fraction of sp³-hybridized carbons (Fsp3) is 1.00. The summed E-state index contributed by atoms with van der Waals surface area (Å²) in [5, 5.41) is -4.37. The van der Waals surface area contributed by atoms with Gasteiger partial charge in [-0.3, -0.25) is 0 Å². The molecule has 0 aromatic carbocycles. The van der Waals surface area contributed by atoms with Crippen molar-refractivity contribution in [2.45, 2.75) is 50.0 Å². The van der Waals surface area contributed by atoms with Gasteiger partial charge < -0.3 is 6.15 Å². The van der Waals surface area contributed by atoms with E-state index in [2.05, 4.69) is 4.39 Å². The van der Waals surface area contributed by atoms with E-state index in [0.717, 1.165) is 0 Å². The first-order valence-electron chi connectivity index (χ1n) is 5.01. The van der Waals surface area contributed by atoms with Gasteiger partial charge in [-0.1, -0.05) is 17.2 Å². The van der Waals surface area contributed by atoms with Gasteiger partial charge in [-0.15, -0.1) is 0 Å². The molecule has 0 aromatic rings. The summed E-state index contributed by atoms with van der Waals surface area (Å²) in [6, 6.07) is 0. The monoisotopic (exact) mass is 319 g/mol. The highest BCUT2D eigenvalue weighted by molar-refractivity contribution is 7.87. The number of hydrogen-bond donors (Lipinski definition) is 1. The Balaban J connectivity index is 0. The van der Waals surface area contributed by atoms with Crippen molar-refractivity contribution < 1.29 is 39.3 Å². The van der Waals surface area contributed by atoms with Crippen molar-refractivity contribution in [3.63, 3.8) is 0 Å². The maximum absolute atomic E-state index is 12.8. The zero-order valence-corrected chi connectivity index (χ0v) is 10.7. The standard InChI is InChI=1S/C8H12F6O3S.H3N/c9-7(10,11)5-3-1-2-4-6-8(12,13)18(15,16)17-14;/h1-6H2;1H3. The summed E-state index contributed by atoms with van der Waals surface area (Å²) in [4.78, 5) is 0. The molecule has 0 rings (SSSR count). The Labute approximate surface area is 106 Å². The van der Waals surface area contributed by atoms with Crippen LogP contribution in [0.4, 0.5) is 26.5 Å². The first-order chi connectivity index (χ1) is 8.02. The third kappa shape index (κ3) is 8.26. The van der Waals surface area contributed by atoms with E-state index in [9.17, 15) is 34.9 Å². The first kappa shape index (κ1) is 20.8. The van der Waals surface area contributed by atoms with Gasteiger partial charge in [0.05, 0.1) is 0 Å². The molecule has 0 spiro atoms. The van der Waals surface area contributed by atoms with Crippen LogP contribution in [0.1, 0.15) is 38.5 Å². The van der Waals surface area contributed by atoms with Crippen LogP contribution < -0.4 is 6.15 Å². The van der Waals surface area contributed by atoms with Crippen LogP contribution >= 0.6 is 0 Å². The van der Waals surface area contributed by atoms with Gasteiger partial charge in [-0.2, -0.15) is 30.4 Å². The van der Waals surface area contributed by atoms with Crippen LogP contribution in [-0.4, -0.2) is 19.8 Å². The fourth-order valence-electron chi connectivity index (χ4n) is 1.18. The summed E-state index contributed by atoms with van der Waals surface area (Å²) in [7, 11) is -5.59. The Hall–Kier alpha value is -0.550. The first-order valence-corrected chi connectivity index (χ1v) is 6.42. The second-order valence-corrected chi connectivity index (χ2v) is 5.32. The molecular formula is C8H15F6NO3S. The molecule has 11 heteroatoms. The molecule has 0 aliphatic heterocycles. The maximum atomic E-state index is 12.8. The minimum absolute atomic E-state index is 0. The number of hydrogen-bond acceptors (Lipinski definition) is 4. The van der Waals surface area contributed by atoms with E-state index >= 15 is 0 Å². The molecule has 0 radical (unpaired) electrons. The molecule has 0 unspecified atom stereocenters. The molecule has 0 saturated heterocycles. The van der Waals surface area contributed by atoms with Crippen molar-refractivity contribution in [1.82, 2.24) is 6.15 Å². The Morgan fingerprint density at radius 1 is 0.842 bits per heavy atom. The van der Waals surface area contributed by atoms with Crippen LogP contribution in [0.5, 0.6) is 0 Å². The van der Waals surface area contributed by atoms with Crippen molar-refractivity contribution in [3.8, 4) is 0 Å². The molecule has 0 heterocycles. The van der Waals surface area contributed by atoms with E-state index in [-0.39, 0.29) is 31.8 Å². The van der Waals surface area contributed by atoms with Crippen molar-refractivity contribution in [2.75, 3.05) is 0 Å². The lowest BCUT2D eigenvalue weighted by Gasteiger charge is -2.12. The second-order valence-electron chi connectivity index (χ2n) is 3.68. The lowest BCUT2D eigenvalue weighted by molar-refractivity contribution is -0.135. The van der Waals surface area contributed by atoms with Gasteiger partial charge in [0.2, 0.25) is 0 Å². The van der Waals surface area contributed by atoms with Crippen molar-refractivity contribution >= 4 is 10.1 Å². The van der Waals surface area contributed by atoms with Crippen molar-refractivity contribution in [2.24, 2.45) is 0 Å². The van der Waals surface area contributed by atoms with Gasteiger partial charge in [-0.25, -0.2) is 0 Å². The largest absolute Gasteiger partial charge is 0.389 e. The number of rotatable bonds is 8. The highest BCUT2D eigenvalue weighted by Gasteiger charge is 2.46. The van der Waals surface area contributed by atoms with Crippen molar-refractivity contribution in [1.29, 1.82) is 0 Å². The fourth-order valence-corrected chi connectivity index (χ4v) is 1.67. The Morgan fingerprint density at radius 2 is 1.26 bits per heavy atom. The summed E-state index contributed by atoms with van der Waals surface area (Å²) < 4.78 is 94.9. The highest BCUT2D eigenvalue weighted by atomic mass is 32.2. The van der Waals surface area contributed by atoms with Gasteiger partial charge in [0.1, 0.15) is 0 Å². The molecule has 0 aromatic heterocycles. The summed E-state index contributed by atoms with van der Waals surface area (Å²) in [6.45, 7) is 0. The Morgan fingerprint density at radius 3 is 1.63 bits per heavy atom. The summed E-state index contributed by atoms with van der Waals surface area (Å²) in [6.07, 6.45) is -7.04. The third-order valence-electron chi connectivity index (χ3n) is 2.13. The highest BCUT2D eigenvalue weighted by Crippen LogP contribution is 2.30. The smallest absolute Gasteiger partial charge is 0.344 e. The molecular weight excluding hydrogens is 304 g/mol. The molecule has 4 nitrogen and oxygen atoms in total. The van der Waals surface area contributed by atoms with Gasteiger partial charge >= 0.3 is 21.5 Å². The Bertz CT molecular complexity index is 343. The zero-order chi connectivity index (χ0) is 14.4. The van der Waals surface area contributed by atoms with Crippen LogP contribution in [0, 0.1) is 0 Å². The van der Waals surface area contributed by atoms with Crippen LogP contribution in [0.25, 0.3) is 0 Å². The van der Waals surface area contributed by atoms with Gasteiger partial charge in [0, 0.05) is 12.8 Å². The van der Waals surface area contributed by atoms with Gasteiger partial charge in [0.25, 0.3) is 0 Å². The molecule has 118 valence electrons. The SMILES string of the molecule is N.O=S(=O)(OF)C(F)(F)CCCCCCC(F)(F)F. The minimum atomic E-state index is -5.59. The minimum Gasteiger partial charge on any atom is -0.344 e. The molecule has 0 saturated carbocycles. The quantitative estimate of drug-likeness (QED) is 0.544. The molecule has 3 N–H and O–H groups in total. The number of alkyl halides is 5. The number of unbranched alkanes of at least 4 members (excludes halogenated alkanes) is 3. The summed E-state index contributed by atoms with van der Waals surface area (Å²) in [5.41, 5.74) is 0.